The highest BCUT2D eigenvalue weighted by molar-refractivity contribution is 5.77. The number of hydrogen-bond donors (Lipinski definition) is 1. The Bertz CT molecular complexity index is 428. The molecular formula is C18H28O3. The molecule has 0 spiro atoms. The van der Waals surface area contributed by atoms with Crippen LogP contribution in [0.3, 0.4) is 0 Å². The second-order valence-electron chi connectivity index (χ2n) is 5.81. The van der Waals surface area contributed by atoms with Crippen LogP contribution in [0.2, 0.25) is 0 Å². The number of benzene rings is 1. The number of methoxy groups -OCH3 is 1. The number of para-hydroxylation sites is 1. The Hall–Kier alpha value is -1.51. The number of carboxylic acid groups (broad SMARTS) is 1. The summed E-state index contributed by atoms with van der Waals surface area (Å²) in [7, 11) is 1.59. The van der Waals surface area contributed by atoms with Gasteiger partial charge in [0.2, 0.25) is 0 Å². The van der Waals surface area contributed by atoms with Gasteiger partial charge in [-0.1, -0.05) is 57.7 Å². The molecule has 21 heavy (non-hydrogen) atoms. The van der Waals surface area contributed by atoms with Crippen LogP contribution in [0, 0.1) is 5.92 Å². The molecule has 2 unspecified atom stereocenters. The molecule has 1 rings (SSSR count). The zero-order valence-electron chi connectivity index (χ0n) is 13.5. The lowest BCUT2D eigenvalue weighted by molar-refractivity contribution is -0.139. The first-order chi connectivity index (χ1) is 10.1. The molecule has 0 saturated carbocycles. The first kappa shape index (κ1) is 17.5. The third-order valence-electron chi connectivity index (χ3n) is 4.06. The van der Waals surface area contributed by atoms with E-state index in [0.717, 1.165) is 12.0 Å². The lowest BCUT2D eigenvalue weighted by atomic mass is 9.88. The molecule has 0 saturated heterocycles. The second-order valence-corrected chi connectivity index (χ2v) is 5.81. The Morgan fingerprint density at radius 3 is 2.52 bits per heavy atom. The number of rotatable bonds is 10. The smallest absolute Gasteiger partial charge is 0.311 e. The third-order valence-corrected chi connectivity index (χ3v) is 4.06. The molecular weight excluding hydrogens is 264 g/mol. The van der Waals surface area contributed by atoms with Crippen molar-refractivity contribution in [2.24, 2.45) is 5.92 Å². The Morgan fingerprint density at radius 2 is 1.90 bits per heavy atom. The molecule has 0 aromatic heterocycles. The summed E-state index contributed by atoms with van der Waals surface area (Å²) in [5.74, 6) is 0.00618. The average Bonchev–Trinajstić information content (AvgIpc) is 2.48. The zero-order valence-corrected chi connectivity index (χ0v) is 13.5. The molecule has 2 atom stereocenters. The Balaban J connectivity index is 2.64. The molecule has 3 heteroatoms. The predicted molar refractivity (Wildman–Crippen MR) is 85.9 cm³/mol. The molecule has 0 fully saturated rings. The lowest BCUT2D eigenvalue weighted by Gasteiger charge is -2.18. The van der Waals surface area contributed by atoms with Gasteiger partial charge < -0.3 is 9.84 Å². The van der Waals surface area contributed by atoms with Gasteiger partial charge in [0.25, 0.3) is 0 Å². The number of ether oxygens (including phenoxy) is 1. The summed E-state index contributed by atoms with van der Waals surface area (Å²) in [4.78, 5) is 11.6. The van der Waals surface area contributed by atoms with E-state index < -0.39 is 11.9 Å². The molecule has 118 valence electrons. The molecule has 1 aromatic carbocycles. The van der Waals surface area contributed by atoms with Crippen LogP contribution in [-0.2, 0) is 4.79 Å². The highest BCUT2D eigenvalue weighted by Crippen LogP contribution is 2.31. The highest BCUT2D eigenvalue weighted by Gasteiger charge is 2.23. The summed E-state index contributed by atoms with van der Waals surface area (Å²) >= 11 is 0. The van der Waals surface area contributed by atoms with E-state index in [-0.39, 0.29) is 0 Å². The van der Waals surface area contributed by atoms with E-state index in [2.05, 4.69) is 13.8 Å². The lowest BCUT2D eigenvalue weighted by Crippen LogP contribution is -2.14. The van der Waals surface area contributed by atoms with Crippen molar-refractivity contribution in [3.05, 3.63) is 29.8 Å². The molecule has 0 aliphatic rings. The standard InChI is InChI=1S/C18H28O3/c1-4-5-6-9-14(2)12-13-16(18(19)20)15-10-7-8-11-17(15)21-3/h7-8,10-11,14,16H,4-6,9,12-13H2,1-3H3,(H,19,20). The average molecular weight is 292 g/mol. The maximum Gasteiger partial charge on any atom is 0.311 e. The summed E-state index contributed by atoms with van der Waals surface area (Å²) in [6.45, 7) is 4.42. The van der Waals surface area contributed by atoms with Crippen LogP contribution in [0.5, 0.6) is 5.75 Å². The van der Waals surface area contributed by atoms with Crippen LogP contribution in [0.25, 0.3) is 0 Å². The molecule has 1 N–H and O–H groups in total. The number of carboxylic acids is 1. The monoisotopic (exact) mass is 292 g/mol. The summed E-state index contributed by atoms with van der Waals surface area (Å²) < 4.78 is 5.30. The van der Waals surface area contributed by atoms with Crippen molar-refractivity contribution >= 4 is 5.97 Å². The van der Waals surface area contributed by atoms with E-state index in [1.54, 1.807) is 7.11 Å². The molecule has 1 aromatic rings. The van der Waals surface area contributed by atoms with E-state index in [1.807, 2.05) is 24.3 Å². The van der Waals surface area contributed by atoms with Crippen LogP contribution >= 0.6 is 0 Å². The SMILES string of the molecule is CCCCCC(C)CCC(C(=O)O)c1ccccc1OC. The minimum absolute atomic E-state index is 0.477. The van der Waals surface area contributed by atoms with Crippen molar-refractivity contribution in [2.75, 3.05) is 7.11 Å². The van der Waals surface area contributed by atoms with Gasteiger partial charge in [-0.3, -0.25) is 4.79 Å². The minimum Gasteiger partial charge on any atom is -0.496 e. The summed E-state index contributed by atoms with van der Waals surface area (Å²) in [5, 5.41) is 9.52. The van der Waals surface area contributed by atoms with Gasteiger partial charge in [-0.2, -0.15) is 0 Å². The zero-order chi connectivity index (χ0) is 15.7. The number of hydrogen-bond acceptors (Lipinski definition) is 2. The largest absolute Gasteiger partial charge is 0.496 e. The molecule has 0 amide bonds. The molecule has 3 nitrogen and oxygen atoms in total. The van der Waals surface area contributed by atoms with Gasteiger partial charge in [0.15, 0.2) is 0 Å². The normalized spacial score (nSPS) is 13.7. The van der Waals surface area contributed by atoms with Gasteiger partial charge in [-0.25, -0.2) is 0 Å². The van der Waals surface area contributed by atoms with Crippen molar-refractivity contribution in [2.45, 2.75) is 58.3 Å². The topological polar surface area (TPSA) is 46.5 Å². The third kappa shape index (κ3) is 5.78. The second kappa shape index (κ2) is 9.43. The van der Waals surface area contributed by atoms with Crippen molar-refractivity contribution in [1.29, 1.82) is 0 Å². The quantitative estimate of drug-likeness (QED) is 0.626. The van der Waals surface area contributed by atoms with Crippen molar-refractivity contribution in [3.63, 3.8) is 0 Å². The van der Waals surface area contributed by atoms with Crippen molar-refractivity contribution < 1.29 is 14.6 Å². The van der Waals surface area contributed by atoms with Gasteiger partial charge in [0.1, 0.15) is 5.75 Å². The highest BCUT2D eigenvalue weighted by atomic mass is 16.5. The summed E-state index contributed by atoms with van der Waals surface area (Å²) in [5.41, 5.74) is 0.785. The number of carbonyl (C=O) groups is 1. The predicted octanol–water partition coefficient (Wildman–Crippen LogP) is 4.86. The van der Waals surface area contributed by atoms with E-state index in [0.29, 0.717) is 18.1 Å². The summed E-state index contributed by atoms with van der Waals surface area (Å²) in [6.07, 6.45) is 6.53. The van der Waals surface area contributed by atoms with Crippen LogP contribution in [0.1, 0.15) is 63.9 Å². The van der Waals surface area contributed by atoms with Crippen molar-refractivity contribution in [3.8, 4) is 5.75 Å². The van der Waals surface area contributed by atoms with Gasteiger partial charge in [-0.05, 0) is 24.8 Å². The van der Waals surface area contributed by atoms with Gasteiger partial charge in [0, 0.05) is 5.56 Å². The Labute approximate surface area is 128 Å². The fourth-order valence-corrected chi connectivity index (χ4v) is 2.70. The van der Waals surface area contributed by atoms with E-state index in [1.165, 1.54) is 25.7 Å². The molecule has 0 bridgehead atoms. The Kier molecular flexibility index (Phi) is 7.88. The van der Waals surface area contributed by atoms with Crippen molar-refractivity contribution in [1.82, 2.24) is 0 Å². The Morgan fingerprint density at radius 1 is 1.19 bits per heavy atom. The van der Waals surface area contributed by atoms with Crippen LogP contribution in [0.15, 0.2) is 24.3 Å². The fraction of sp³-hybridized carbons (Fsp3) is 0.611. The molecule has 0 aliphatic heterocycles. The van der Waals surface area contributed by atoms with Crippen LogP contribution in [-0.4, -0.2) is 18.2 Å². The van der Waals surface area contributed by atoms with E-state index in [4.69, 9.17) is 4.74 Å². The maximum absolute atomic E-state index is 11.6. The minimum atomic E-state index is -0.764. The number of unbranched alkanes of at least 4 members (excludes halogenated alkanes) is 2. The van der Waals surface area contributed by atoms with Crippen LogP contribution < -0.4 is 4.74 Å². The van der Waals surface area contributed by atoms with Gasteiger partial charge in [-0.15, -0.1) is 0 Å². The number of aliphatic carboxylic acids is 1. The maximum atomic E-state index is 11.6. The van der Waals surface area contributed by atoms with E-state index >= 15 is 0 Å². The molecule has 0 radical (unpaired) electrons. The van der Waals surface area contributed by atoms with Gasteiger partial charge in [0.05, 0.1) is 13.0 Å². The fourth-order valence-electron chi connectivity index (χ4n) is 2.70. The first-order valence-corrected chi connectivity index (χ1v) is 7.95. The molecule has 0 heterocycles. The van der Waals surface area contributed by atoms with Gasteiger partial charge >= 0.3 is 5.97 Å². The summed E-state index contributed by atoms with van der Waals surface area (Å²) in [6, 6.07) is 7.43. The van der Waals surface area contributed by atoms with Crippen LogP contribution in [0.4, 0.5) is 0 Å². The molecule has 0 aliphatic carbocycles. The van der Waals surface area contributed by atoms with E-state index in [9.17, 15) is 9.90 Å². The first-order valence-electron chi connectivity index (χ1n) is 7.95.